The zero-order valence-electron chi connectivity index (χ0n) is 39.3. The maximum absolute atomic E-state index is 11.3. The van der Waals surface area contributed by atoms with E-state index in [4.69, 9.17) is 0 Å². The first-order valence-electron chi connectivity index (χ1n) is 25.7. The molecular weight excluding hydrogens is 697 g/mol. The molecule has 17 atom stereocenters. The summed E-state index contributed by atoms with van der Waals surface area (Å²) in [6.07, 6.45) is 29.5. The molecule has 3 N–H and O–H groups in total. The Balaban J connectivity index is 0.000000174. The number of rotatable bonds is 10. The van der Waals surface area contributed by atoms with Gasteiger partial charge in [0.05, 0.1) is 18.3 Å². The van der Waals surface area contributed by atoms with Gasteiger partial charge in [0.1, 0.15) is 0 Å². The molecule has 3 heteroatoms. The van der Waals surface area contributed by atoms with Gasteiger partial charge in [-0.15, -0.1) is 0 Å². The average Bonchev–Trinajstić information content (AvgIpc) is 3.59. The van der Waals surface area contributed by atoms with Crippen molar-refractivity contribution in [2.75, 3.05) is 0 Å². The standard InChI is InChI=1S/C27H46O2.C27H48O/c1-17(2)7-6-8-18(3)23-16-24(29)25-21-10-9-19-15-20(28)11-13-26(19,4)22(21)12-14-27(23,25)5;1-18(2)9-8-10-19(3)23-17-24(28)25-21-13-12-20-11-6-7-15-26(20,4)22(21)14-16-27(23,25)5/h17-20,22-24,28-29H,6-16H2,1-5H3;18-25,28H,6-17H2,1-5H3/t18-,19+,20+,22+,23-,24-,26+,27-;19-,20?,21-,22+,23-,24+,25-,26+,27-/m11/s1. The molecule has 57 heavy (non-hydrogen) atoms. The summed E-state index contributed by atoms with van der Waals surface area (Å²) in [6.45, 7) is 24.6. The highest BCUT2D eigenvalue weighted by Gasteiger charge is 2.63. The van der Waals surface area contributed by atoms with E-state index in [-0.39, 0.29) is 23.7 Å². The van der Waals surface area contributed by atoms with Crippen molar-refractivity contribution in [3.8, 4) is 0 Å². The minimum absolute atomic E-state index is 0.0286. The van der Waals surface area contributed by atoms with Gasteiger partial charge in [-0.1, -0.05) is 126 Å². The number of allylic oxidation sites excluding steroid dienone is 1. The molecular formula is C54H94O3. The van der Waals surface area contributed by atoms with Gasteiger partial charge < -0.3 is 15.3 Å². The molecule has 0 heterocycles. The topological polar surface area (TPSA) is 60.7 Å². The fraction of sp³-hybridized carbons (Fsp3) is 0.963. The van der Waals surface area contributed by atoms with Gasteiger partial charge in [0.25, 0.3) is 0 Å². The Bertz CT molecular complexity index is 1380. The summed E-state index contributed by atoms with van der Waals surface area (Å²) in [5.74, 6) is 9.10. The lowest BCUT2D eigenvalue weighted by Gasteiger charge is -2.61. The third-order valence-corrected chi connectivity index (χ3v) is 20.9. The Hall–Kier alpha value is -0.380. The predicted octanol–water partition coefficient (Wildman–Crippen LogP) is 14.0. The molecule has 0 spiro atoms. The molecule has 3 nitrogen and oxygen atoms in total. The highest BCUT2D eigenvalue weighted by Crippen LogP contribution is 2.69. The fourth-order valence-electron chi connectivity index (χ4n) is 17.8. The number of aliphatic hydroxyl groups is 3. The monoisotopic (exact) mass is 791 g/mol. The van der Waals surface area contributed by atoms with E-state index in [1.54, 1.807) is 5.57 Å². The van der Waals surface area contributed by atoms with Crippen molar-refractivity contribution in [2.45, 2.75) is 235 Å². The molecule has 328 valence electrons. The molecule has 0 aromatic carbocycles. The zero-order chi connectivity index (χ0) is 41.1. The first-order chi connectivity index (χ1) is 26.9. The first kappa shape index (κ1) is 44.7. The summed E-state index contributed by atoms with van der Waals surface area (Å²) in [5, 5.41) is 32.9. The number of hydrogen-bond donors (Lipinski definition) is 3. The van der Waals surface area contributed by atoms with Crippen LogP contribution in [-0.4, -0.2) is 33.6 Å². The minimum Gasteiger partial charge on any atom is -0.393 e. The molecule has 0 saturated heterocycles. The average molecular weight is 791 g/mol. The Morgan fingerprint density at radius 1 is 0.579 bits per heavy atom. The van der Waals surface area contributed by atoms with Gasteiger partial charge in [-0.2, -0.15) is 0 Å². The van der Waals surface area contributed by atoms with Crippen LogP contribution in [0.1, 0.15) is 217 Å². The quantitative estimate of drug-likeness (QED) is 0.193. The smallest absolute Gasteiger partial charge is 0.0761 e. The normalized spacial score (nSPS) is 47.5. The molecule has 0 aromatic heterocycles. The van der Waals surface area contributed by atoms with Crippen LogP contribution in [-0.2, 0) is 0 Å². The highest BCUT2D eigenvalue weighted by atomic mass is 16.3. The molecule has 8 aliphatic carbocycles. The predicted molar refractivity (Wildman–Crippen MR) is 240 cm³/mol. The SMILES string of the molecule is CC(C)CCC[C@@H](C)[C@H]1C[C@@H](O)C2=C3CC[C@H]4C[C@@H](O)CC[C@]4(C)[C@H]3CC[C@@]21C.CC(C)CCC[C@@H](C)[C@H]1C[C@H](O)[C@H]2[C@@H]3CCC4CCCC[C@]4(C)[C@H]3CC[C@@]21C. The van der Waals surface area contributed by atoms with Crippen molar-refractivity contribution in [2.24, 2.45) is 92.7 Å². The van der Waals surface area contributed by atoms with Crippen LogP contribution in [0, 0.1) is 92.7 Å². The molecule has 0 amide bonds. The van der Waals surface area contributed by atoms with Crippen molar-refractivity contribution in [1.29, 1.82) is 0 Å². The van der Waals surface area contributed by atoms with E-state index in [9.17, 15) is 15.3 Å². The van der Waals surface area contributed by atoms with Gasteiger partial charge >= 0.3 is 0 Å². The van der Waals surface area contributed by atoms with Gasteiger partial charge in [0, 0.05) is 0 Å². The van der Waals surface area contributed by atoms with Gasteiger partial charge in [0.2, 0.25) is 0 Å². The maximum atomic E-state index is 11.3. The van der Waals surface area contributed by atoms with E-state index in [1.165, 1.54) is 128 Å². The number of aliphatic hydroxyl groups excluding tert-OH is 3. The molecule has 8 rings (SSSR count). The van der Waals surface area contributed by atoms with Gasteiger partial charge in [-0.25, -0.2) is 0 Å². The Labute approximate surface area is 353 Å². The van der Waals surface area contributed by atoms with Crippen molar-refractivity contribution in [3.05, 3.63) is 11.1 Å². The van der Waals surface area contributed by atoms with E-state index in [0.717, 1.165) is 67.1 Å². The van der Waals surface area contributed by atoms with Crippen LogP contribution in [0.25, 0.3) is 0 Å². The third-order valence-electron chi connectivity index (χ3n) is 20.9. The molecule has 7 saturated carbocycles. The molecule has 0 aromatic rings. The minimum atomic E-state index is -0.204. The van der Waals surface area contributed by atoms with Gasteiger partial charge in [0.15, 0.2) is 0 Å². The van der Waals surface area contributed by atoms with Crippen LogP contribution in [0.4, 0.5) is 0 Å². The summed E-state index contributed by atoms with van der Waals surface area (Å²) >= 11 is 0. The zero-order valence-corrected chi connectivity index (χ0v) is 39.3. The van der Waals surface area contributed by atoms with Crippen LogP contribution in [0.2, 0.25) is 0 Å². The van der Waals surface area contributed by atoms with Gasteiger partial charge in [-0.05, 0) is 195 Å². The van der Waals surface area contributed by atoms with Crippen molar-refractivity contribution >= 4 is 0 Å². The molecule has 1 unspecified atom stereocenters. The van der Waals surface area contributed by atoms with Crippen molar-refractivity contribution < 1.29 is 15.3 Å². The van der Waals surface area contributed by atoms with Crippen LogP contribution in [0.15, 0.2) is 11.1 Å². The van der Waals surface area contributed by atoms with Crippen molar-refractivity contribution in [3.63, 3.8) is 0 Å². The molecule has 8 aliphatic rings. The number of fused-ring (bicyclic) bond motifs is 9. The second-order valence-electron chi connectivity index (χ2n) is 24.9. The first-order valence-corrected chi connectivity index (χ1v) is 25.7. The number of hydrogen-bond acceptors (Lipinski definition) is 3. The fourth-order valence-corrected chi connectivity index (χ4v) is 17.8. The summed E-state index contributed by atoms with van der Waals surface area (Å²) in [7, 11) is 0. The lowest BCUT2D eigenvalue weighted by molar-refractivity contribution is -0.130. The van der Waals surface area contributed by atoms with E-state index >= 15 is 0 Å². The lowest BCUT2D eigenvalue weighted by atomic mass is 9.44. The Morgan fingerprint density at radius 3 is 1.93 bits per heavy atom. The van der Waals surface area contributed by atoms with E-state index in [2.05, 4.69) is 69.2 Å². The van der Waals surface area contributed by atoms with Crippen LogP contribution in [0.3, 0.4) is 0 Å². The lowest BCUT2D eigenvalue weighted by Crippen LogP contribution is -2.54. The maximum Gasteiger partial charge on any atom is 0.0761 e. The summed E-state index contributed by atoms with van der Waals surface area (Å²) < 4.78 is 0. The van der Waals surface area contributed by atoms with E-state index < -0.39 is 0 Å². The Morgan fingerprint density at radius 2 is 1.25 bits per heavy atom. The second kappa shape index (κ2) is 17.4. The van der Waals surface area contributed by atoms with E-state index in [1.807, 2.05) is 0 Å². The molecule has 0 radical (unpaired) electrons. The summed E-state index contributed by atoms with van der Waals surface area (Å²) in [6, 6.07) is 0. The van der Waals surface area contributed by atoms with Crippen LogP contribution >= 0.6 is 0 Å². The molecule has 0 bridgehead atoms. The highest BCUT2D eigenvalue weighted by molar-refractivity contribution is 5.37. The third kappa shape index (κ3) is 8.20. The van der Waals surface area contributed by atoms with E-state index in [0.29, 0.717) is 45.8 Å². The summed E-state index contributed by atoms with van der Waals surface area (Å²) in [4.78, 5) is 0. The molecule has 7 fully saturated rings. The van der Waals surface area contributed by atoms with Gasteiger partial charge in [-0.3, -0.25) is 0 Å². The second-order valence-corrected chi connectivity index (χ2v) is 24.9. The molecule has 0 aliphatic heterocycles. The van der Waals surface area contributed by atoms with Crippen LogP contribution in [0.5, 0.6) is 0 Å². The van der Waals surface area contributed by atoms with Crippen molar-refractivity contribution in [1.82, 2.24) is 0 Å². The van der Waals surface area contributed by atoms with Crippen LogP contribution < -0.4 is 0 Å². The summed E-state index contributed by atoms with van der Waals surface area (Å²) in [5.41, 5.74) is 4.71. The Kier molecular flexibility index (Phi) is 13.6. The largest absolute Gasteiger partial charge is 0.393 e.